The smallest absolute Gasteiger partial charge is 0.241 e. The number of nitrogens with one attached hydrogen (secondary N) is 1. The number of carbonyl (C=O) groups is 1. The van der Waals surface area contributed by atoms with Crippen molar-refractivity contribution < 1.29 is 4.79 Å². The number of carbonyl (C=O) groups excluding carboxylic acids is 1. The van der Waals surface area contributed by atoms with Crippen molar-refractivity contribution >= 4 is 23.4 Å². The number of nitrogen functional groups attached to an aromatic ring is 1. The second-order valence-corrected chi connectivity index (χ2v) is 5.92. The van der Waals surface area contributed by atoms with Gasteiger partial charge in [-0.1, -0.05) is 0 Å². The van der Waals surface area contributed by atoms with Gasteiger partial charge in [0.1, 0.15) is 6.54 Å². The molecule has 2 rings (SSSR count). The van der Waals surface area contributed by atoms with Crippen molar-refractivity contribution in [3.63, 3.8) is 0 Å². The Morgan fingerprint density at radius 1 is 1.50 bits per heavy atom. The number of rotatable bonds is 3. The summed E-state index contributed by atoms with van der Waals surface area (Å²) in [5.74, 6) is 2.30. The van der Waals surface area contributed by atoms with Gasteiger partial charge in [0.2, 0.25) is 5.91 Å². The molecule has 6 heteroatoms. The Morgan fingerprint density at radius 3 is 2.72 bits per heavy atom. The maximum atomic E-state index is 11.9. The molecule has 0 unspecified atom stereocenters. The van der Waals surface area contributed by atoms with Gasteiger partial charge in [0.25, 0.3) is 0 Å². The average Bonchev–Trinajstić information content (AvgIpc) is 2.58. The normalized spacial score (nSPS) is 16.8. The molecular weight excluding hydrogens is 248 g/mol. The first kappa shape index (κ1) is 13.3. The molecule has 5 nitrogen and oxygen atoms in total. The highest BCUT2D eigenvalue weighted by Crippen LogP contribution is 2.17. The molecule has 0 saturated carbocycles. The van der Waals surface area contributed by atoms with Gasteiger partial charge < -0.3 is 11.1 Å². The van der Waals surface area contributed by atoms with Crippen LogP contribution in [0, 0.1) is 13.8 Å². The minimum Gasteiger partial charge on any atom is -0.396 e. The van der Waals surface area contributed by atoms with Crippen molar-refractivity contribution in [1.82, 2.24) is 15.1 Å². The first-order valence-corrected chi connectivity index (χ1v) is 7.40. The van der Waals surface area contributed by atoms with Gasteiger partial charge in [0.05, 0.1) is 17.1 Å². The first-order chi connectivity index (χ1) is 8.58. The molecule has 0 radical (unpaired) electrons. The predicted molar refractivity (Wildman–Crippen MR) is 74.6 cm³/mol. The summed E-state index contributed by atoms with van der Waals surface area (Å²) in [5.41, 5.74) is 8.17. The van der Waals surface area contributed by atoms with E-state index in [1.54, 1.807) is 4.68 Å². The van der Waals surface area contributed by atoms with Crippen molar-refractivity contribution in [2.75, 3.05) is 17.2 Å². The van der Waals surface area contributed by atoms with E-state index >= 15 is 0 Å². The summed E-state index contributed by atoms with van der Waals surface area (Å²) in [6, 6.07) is 0.327. The summed E-state index contributed by atoms with van der Waals surface area (Å²) in [7, 11) is 0. The van der Waals surface area contributed by atoms with E-state index in [2.05, 4.69) is 10.4 Å². The fourth-order valence-corrected chi connectivity index (χ4v) is 3.22. The molecule has 1 fully saturated rings. The molecule has 0 atom stereocenters. The summed E-state index contributed by atoms with van der Waals surface area (Å²) in [6.07, 6.45) is 2.13. The standard InChI is InChI=1S/C12H20N4OS/c1-8-12(13)9(2)16(15-8)7-11(17)14-10-3-5-18-6-4-10/h10H,3-7,13H2,1-2H3,(H,14,17). The van der Waals surface area contributed by atoms with Gasteiger partial charge in [-0.2, -0.15) is 16.9 Å². The minimum atomic E-state index is 0.0255. The van der Waals surface area contributed by atoms with E-state index in [4.69, 9.17) is 5.73 Å². The van der Waals surface area contributed by atoms with Crippen LogP contribution in [0.25, 0.3) is 0 Å². The molecule has 0 bridgehead atoms. The van der Waals surface area contributed by atoms with E-state index in [1.165, 1.54) is 0 Å². The van der Waals surface area contributed by atoms with Gasteiger partial charge in [-0.15, -0.1) is 0 Å². The highest BCUT2D eigenvalue weighted by atomic mass is 32.2. The SMILES string of the molecule is Cc1nn(CC(=O)NC2CCSCC2)c(C)c1N. The number of amides is 1. The van der Waals surface area contributed by atoms with Crippen LogP contribution in [-0.2, 0) is 11.3 Å². The van der Waals surface area contributed by atoms with Crippen molar-refractivity contribution in [2.24, 2.45) is 0 Å². The predicted octanol–water partition coefficient (Wildman–Crippen LogP) is 1.09. The van der Waals surface area contributed by atoms with Crippen LogP contribution in [0.5, 0.6) is 0 Å². The maximum absolute atomic E-state index is 11.9. The largest absolute Gasteiger partial charge is 0.396 e. The molecular formula is C12H20N4OS. The van der Waals surface area contributed by atoms with Gasteiger partial charge >= 0.3 is 0 Å². The molecule has 1 aromatic heterocycles. The number of aromatic nitrogens is 2. The molecule has 2 heterocycles. The quantitative estimate of drug-likeness (QED) is 0.861. The van der Waals surface area contributed by atoms with Crippen molar-refractivity contribution in [2.45, 2.75) is 39.3 Å². The van der Waals surface area contributed by atoms with E-state index in [9.17, 15) is 4.79 Å². The average molecular weight is 268 g/mol. The molecule has 100 valence electrons. The Balaban J connectivity index is 1.92. The topological polar surface area (TPSA) is 72.9 Å². The molecule has 1 aliphatic heterocycles. The molecule has 1 aliphatic rings. The third-order valence-electron chi connectivity index (χ3n) is 3.32. The lowest BCUT2D eigenvalue weighted by molar-refractivity contribution is -0.122. The van der Waals surface area contributed by atoms with Crippen LogP contribution in [0.1, 0.15) is 24.2 Å². The van der Waals surface area contributed by atoms with Crippen molar-refractivity contribution in [1.29, 1.82) is 0 Å². The van der Waals surface area contributed by atoms with E-state index < -0.39 is 0 Å². The van der Waals surface area contributed by atoms with Crippen LogP contribution >= 0.6 is 11.8 Å². The third kappa shape index (κ3) is 2.98. The van der Waals surface area contributed by atoms with Crippen LogP contribution in [0.4, 0.5) is 5.69 Å². The lowest BCUT2D eigenvalue weighted by atomic mass is 10.1. The fourth-order valence-electron chi connectivity index (χ4n) is 2.12. The second kappa shape index (κ2) is 5.65. The van der Waals surface area contributed by atoms with Crippen LogP contribution in [0.15, 0.2) is 0 Å². The number of anilines is 1. The summed E-state index contributed by atoms with van der Waals surface area (Å²) >= 11 is 1.95. The second-order valence-electron chi connectivity index (χ2n) is 4.70. The summed E-state index contributed by atoms with van der Waals surface area (Å²) in [4.78, 5) is 11.9. The van der Waals surface area contributed by atoms with E-state index in [0.29, 0.717) is 11.7 Å². The highest BCUT2D eigenvalue weighted by molar-refractivity contribution is 7.99. The van der Waals surface area contributed by atoms with Gasteiger partial charge in [-0.05, 0) is 38.2 Å². The molecule has 1 saturated heterocycles. The molecule has 18 heavy (non-hydrogen) atoms. The minimum absolute atomic E-state index is 0.0255. The van der Waals surface area contributed by atoms with Crippen molar-refractivity contribution in [3.05, 3.63) is 11.4 Å². The van der Waals surface area contributed by atoms with Gasteiger partial charge in [0, 0.05) is 6.04 Å². The highest BCUT2D eigenvalue weighted by Gasteiger charge is 2.17. The maximum Gasteiger partial charge on any atom is 0.241 e. The third-order valence-corrected chi connectivity index (χ3v) is 4.37. The molecule has 0 aliphatic carbocycles. The fraction of sp³-hybridized carbons (Fsp3) is 0.667. The number of aryl methyl sites for hydroxylation is 1. The first-order valence-electron chi connectivity index (χ1n) is 6.24. The van der Waals surface area contributed by atoms with Crippen LogP contribution < -0.4 is 11.1 Å². The van der Waals surface area contributed by atoms with Crippen LogP contribution in [0.2, 0.25) is 0 Å². The van der Waals surface area contributed by atoms with Gasteiger partial charge in [-0.3, -0.25) is 9.48 Å². The Bertz CT molecular complexity index is 438. The molecule has 0 aromatic carbocycles. The number of hydrogen-bond donors (Lipinski definition) is 2. The van der Waals surface area contributed by atoms with E-state index in [-0.39, 0.29) is 12.5 Å². The van der Waals surface area contributed by atoms with E-state index in [1.807, 2.05) is 25.6 Å². The molecule has 0 spiro atoms. The summed E-state index contributed by atoms with van der Waals surface area (Å²) < 4.78 is 1.68. The number of hydrogen-bond acceptors (Lipinski definition) is 4. The lowest BCUT2D eigenvalue weighted by Crippen LogP contribution is -2.39. The summed E-state index contributed by atoms with van der Waals surface area (Å²) in [5, 5.41) is 7.34. The summed E-state index contributed by atoms with van der Waals surface area (Å²) in [6.45, 7) is 4.00. The zero-order valence-electron chi connectivity index (χ0n) is 10.9. The Labute approximate surface area is 111 Å². The molecule has 1 aromatic rings. The van der Waals surface area contributed by atoms with Crippen LogP contribution in [0.3, 0.4) is 0 Å². The zero-order valence-corrected chi connectivity index (χ0v) is 11.7. The van der Waals surface area contributed by atoms with Gasteiger partial charge in [-0.25, -0.2) is 0 Å². The zero-order chi connectivity index (χ0) is 13.1. The van der Waals surface area contributed by atoms with Gasteiger partial charge in [0.15, 0.2) is 0 Å². The molecule has 3 N–H and O–H groups in total. The Kier molecular flexibility index (Phi) is 4.16. The van der Waals surface area contributed by atoms with Crippen LogP contribution in [-0.4, -0.2) is 33.2 Å². The number of nitrogens with zero attached hydrogens (tertiary/aromatic N) is 2. The Morgan fingerprint density at radius 2 is 2.17 bits per heavy atom. The molecule has 1 amide bonds. The monoisotopic (exact) mass is 268 g/mol. The number of thioether (sulfide) groups is 1. The van der Waals surface area contributed by atoms with E-state index in [0.717, 1.165) is 35.7 Å². The Hall–Kier alpha value is -1.17. The lowest BCUT2D eigenvalue weighted by Gasteiger charge is -2.22. The van der Waals surface area contributed by atoms with Crippen molar-refractivity contribution in [3.8, 4) is 0 Å². The number of nitrogens with two attached hydrogens (primary N) is 1.